The van der Waals surface area contributed by atoms with Crippen LogP contribution in [0, 0.1) is 5.92 Å². The molecule has 1 N–H and O–H groups in total. The van der Waals surface area contributed by atoms with Gasteiger partial charge in [-0.25, -0.2) is 13.1 Å². The smallest absolute Gasteiger partial charge is 0.211 e. The lowest BCUT2D eigenvalue weighted by atomic mass is 10.0. The van der Waals surface area contributed by atoms with Crippen molar-refractivity contribution in [3.8, 4) is 0 Å². The Morgan fingerprint density at radius 3 is 2.63 bits per heavy atom. The largest absolute Gasteiger partial charge is 0.242 e. The van der Waals surface area contributed by atoms with Crippen LogP contribution in [0.5, 0.6) is 0 Å². The van der Waals surface area contributed by atoms with E-state index in [1.807, 2.05) is 6.92 Å². The third-order valence-electron chi connectivity index (χ3n) is 2.84. The second-order valence-corrected chi connectivity index (χ2v) is 7.61. The number of rotatable bonds is 7. The summed E-state index contributed by atoms with van der Waals surface area (Å²) >= 11 is 14.9. The van der Waals surface area contributed by atoms with E-state index in [-0.39, 0.29) is 15.8 Å². The van der Waals surface area contributed by atoms with E-state index in [2.05, 4.69) is 20.7 Å². The van der Waals surface area contributed by atoms with Crippen LogP contribution in [0.4, 0.5) is 0 Å². The van der Waals surface area contributed by atoms with Gasteiger partial charge in [0, 0.05) is 16.9 Å². The summed E-state index contributed by atoms with van der Waals surface area (Å²) in [5.41, 5.74) is 0. The second-order valence-electron chi connectivity index (χ2n) is 4.18. The van der Waals surface area contributed by atoms with Crippen molar-refractivity contribution in [3.05, 3.63) is 27.7 Å². The normalized spacial score (nSPS) is 13.5. The molecule has 0 aliphatic carbocycles. The minimum Gasteiger partial charge on any atom is -0.211 e. The molecule has 0 amide bonds. The summed E-state index contributed by atoms with van der Waals surface area (Å²) in [5, 5.41) is 0.201. The van der Waals surface area contributed by atoms with Crippen LogP contribution < -0.4 is 4.72 Å². The minimum absolute atomic E-state index is 0.0955. The van der Waals surface area contributed by atoms with Gasteiger partial charge in [-0.3, -0.25) is 0 Å². The Bertz CT molecular complexity index is 522. The molecule has 1 aromatic carbocycles. The average Bonchev–Trinajstić information content (AvgIpc) is 2.34. The third-order valence-corrected chi connectivity index (χ3v) is 5.46. The Balaban J connectivity index is 2.81. The van der Waals surface area contributed by atoms with Crippen molar-refractivity contribution < 1.29 is 8.42 Å². The fourth-order valence-electron chi connectivity index (χ4n) is 1.60. The first-order valence-electron chi connectivity index (χ1n) is 5.91. The molecule has 0 aliphatic rings. The number of alkyl halides is 1. The zero-order valence-corrected chi connectivity index (χ0v) is 14.4. The van der Waals surface area contributed by atoms with E-state index in [4.69, 9.17) is 23.2 Å². The molecule has 0 aromatic heterocycles. The van der Waals surface area contributed by atoms with Crippen molar-refractivity contribution in [2.75, 3.05) is 12.4 Å². The van der Waals surface area contributed by atoms with E-state index in [9.17, 15) is 8.42 Å². The first kappa shape index (κ1) is 17.2. The summed E-state index contributed by atoms with van der Waals surface area (Å²) in [7, 11) is -3.58. The summed E-state index contributed by atoms with van der Waals surface area (Å²) in [6, 6.07) is 4.69. The maximum atomic E-state index is 12.1. The van der Waals surface area contributed by atoms with Crippen LogP contribution in [-0.2, 0) is 10.0 Å². The second kappa shape index (κ2) is 7.84. The van der Waals surface area contributed by atoms with Gasteiger partial charge in [-0.05, 0) is 30.5 Å². The number of sulfonamides is 1. The van der Waals surface area contributed by atoms with Crippen molar-refractivity contribution in [1.29, 1.82) is 0 Å². The van der Waals surface area contributed by atoms with Gasteiger partial charge in [0.25, 0.3) is 0 Å². The fraction of sp³-hybridized carbons (Fsp3) is 0.500. The predicted octanol–water partition coefficient (Wildman–Crippen LogP) is 4.04. The minimum atomic E-state index is -3.58. The lowest BCUT2D eigenvalue weighted by Crippen LogP contribution is -2.29. The van der Waals surface area contributed by atoms with Crippen molar-refractivity contribution >= 4 is 49.2 Å². The molecule has 0 aliphatic heterocycles. The van der Waals surface area contributed by atoms with Gasteiger partial charge in [-0.1, -0.05) is 40.9 Å². The molecule has 3 nitrogen and oxygen atoms in total. The van der Waals surface area contributed by atoms with Gasteiger partial charge in [0.2, 0.25) is 10.0 Å². The highest BCUT2D eigenvalue weighted by molar-refractivity contribution is 9.10. The van der Waals surface area contributed by atoms with Gasteiger partial charge in [0.15, 0.2) is 0 Å². The number of hydrogen-bond acceptors (Lipinski definition) is 2. The monoisotopic (exact) mass is 387 g/mol. The van der Waals surface area contributed by atoms with Gasteiger partial charge in [-0.15, -0.1) is 11.6 Å². The molecule has 19 heavy (non-hydrogen) atoms. The summed E-state index contributed by atoms with van der Waals surface area (Å²) in [6.45, 7) is 2.38. The first-order chi connectivity index (χ1) is 8.90. The molecular weight excluding hydrogens is 373 g/mol. The summed E-state index contributed by atoms with van der Waals surface area (Å²) < 4.78 is 27.6. The Kier molecular flexibility index (Phi) is 7.11. The first-order valence-corrected chi connectivity index (χ1v) is 9.10. The highest BCUT2D eigenvalue weighted by Gasteiger charge is 2.19. The molecule has 0 saturated carbocycles. The predicted molar refractivity (Wildman–Crippen MR) is 83.5 cm³/mol. The fourth-order valence-corrected chi connectivity index (χ4v) is 4.06. The van der Waals surface area contributed by atoms with Gasteiger partial charge < -0.3 is 0 Å². The van der Waals surface area contributed by atoms with Crippen molar-refractivity contribution in [3.63, 3.8) is 0 Å². The number of nitrogens with one attached hydrogen (secondary N) is 1. The summed E-state index contributed by atoms with van der Waals surface area (Å²) in [6.07, 6.45) is 1.66. The molecule has 0 heterocycles. The zero-order chi connectivity index (χ0) is 14.5. The molecule has 108 valence electrons. The summed E-state index contributed by atoms with van der Waals surface area (Å²) in [5.74, 6) is 0.765. The van der Waals surface area contributed by atoms with Gasteiger partial charge in [-0.2, -0.15) is 0 Å². The molecule has 1 aromatic rings. The number of halogens is 3. The van der Waals surface area contributed by atoms with E-state index in [1.54, 1.807) is 12.1 Å². The molecule has 0 fully saturated rings. The number of benzene rings is 1. The maximum Gasteiger partial charge on any atom is 0.242 e. The quantitative estimate of drug-likeness (QED) is 0.716. The third kappa shape index (κ3) is 5.23. The van der Waals surface area contributed by atoms with Gasteiger partial charge in [0.1, 0.15) is 4.90 Å². The van der Waals surface area contributed by atoms with E-state index in [0.29, 0.717) is 12.4 Å². The molecule has 1 atom stereocenters. The molecule has 0 radical (unpaired) electrons. The van der Waals surface area contributed by atoms with Crippen LogP contribution in [0.2, 0.25) is 5.02 Å². The molecule has 0 bridgehead atoms. The summed E-state index contributed by atoms with van der Waals surface area (Å²) in [4.78, 5) is 0.0955. The highest BCUT2D eigenvalue weighted by Crippen LogP contribution is 2.25. The number of hydrogen-bond donors (Lipinski definition) is 1. The molecule has 7 heteroatoms. The lowest BCUT2D eigenvalue weighted by molar-refractivity contribution is 0.481. The van der Waals surface area contributed by atoms with Crippen LogP contribution >= 0.6 is 39.1 Å². The lowest BCUT2D eigenvalue weighted by Gasteiger charge is -2.15. The van der Waals surface area contributed by atoms with Gasteiger partial charge >= 0.3 is 0 Å². The van der Waals surface area contributed by atoms with Crippen molar-refractivity contribution in [2.45, 2.75) is 24.7 Å². The van der Waals surface area contributed by atoms with Gasteiger partial charge in [0.05, 0.1) is 5.02 Å². The van der Waals surface area contributed by atoms with E-state index >= 15 is 0 Å². The molecule has 0 spiro atoms. The standard InChI is InChI=1S/C12H16BrCl2NO2S/c1-2-9(5-6-14)8-16-19(17,18)12-4-3-10(13)7-11(12)15/h3-4,7,9,16H,2,5-6,8H2,1H3. The van der Waals surface area contributed by atoms with Crippen LogP contribution in [0.25, 0.3) is 0 Å². The molecule has 1 unspecified atom stereocenters. The Morgan fingerprint density at radius 1 is 1.42 bits per heavy atom. The maximum absolute atomic E-state index is 12.1. The molecular formula is C12H16BrCl2NO2S. The Morgan fingerprint density at radius 2 is 2.11 bits per heavy atom. The zero-order valence-electron chi connectivity index (χ0n) is 10.5. The van der Waals surface area contributed by atoms with Crippen molar-refractivity contribution in [2.24, 2.45) is 5.92 Å². The van der Waals surface area contributed by atoms with E-state index in [0.717, 1.165) is 17.3 Å². The van der Waals surface area contributed by atoms with Crippen LogP contribution in [0.1, 0.15) is 19.8 Å². The van der Waals surface area contributed by atoms with Crippen molar-refractivity contribution in [1.82, 2.24) is 4.72 Å². The van der Waals surface area contributed by atoms with E-state index in [1.165, 1.54) is 6.07 Å². The Labute approximate surface area is 132 Å². The highest BCUT2D eigenvalue weighted by atomic mass is 79.9. The van der Waals surface area contributed by atoms with Crippen LogP contribution in [0.15, 0.2) is 27.6 Å². The van der Waals surface area contributed by atoms with E-state index < -0.39 is 10.0 Å². The molecule has 1 rings (SSSR count). The molecule has 0 saturated heterocycles. The topological polar surface area (TPSA) is 46.2 Å². The Hall–Kier alpha value is 0.190. The van der Waals surface area contributed by atoms with Crippen LogP contribution in [0.3, 0.4) is 0 Å². The van der Waals surface area contributed by atoms with Crippen LogP contribution in [-0.4, -0.2) is 20.8 Å². The average molecular weight is 389 g/mol. The SMILES string of the molecule is CCC(CCCl)CNS(=O)(=O)c1ccc(Br)cc1Cl.